The summed E-state index contributed by atoms with van der Waals surface area (Å²) >= 11 is 0. The lowest BCUT2D eigenvalue weighted by molar-refractivity contribution is -0.385. The van der Waals surface area contributed by atoms with Crippen molar-refractivity contribution >= 4 is 22.5 Å². The summed E-state index contributed by atoms with van der Waals surface area (Å²) < 4.78 is 13.2. The van der Waals surface area contributed by atoms with Crippen LogP contribution in [0.1, 0.15) is 11.1 Å². The average Bonchev–Trinajstić information content (AvgIpc) is 3.31. The maximum Gasteiger partial charge on any atom is 0.321 e. The number of aliphatic hydroxyl groups is 2. The van der Waals surface area contributed by atoms with E-state index in [0.29, 0.717) is 24.0 Å². The number of nitro groups is 2. The Hall–Kier alpha value is -4.69. The van der Waals surface area contributed by atoms with Crippen LogP contribution in [-0.2, 0) is 19.4 Å². The van der Waals surface area contributed by atoms with Crippen molar-refractivity contribution in [3.05, 3.63) is 86.2 Å². The molecule has 1 atom stereocenters. The summed E-state index contributed by atoms with van der Waals surface area (Å²) in [5.74, 6) is 0.152. The van der Waals surface area contributed by atoms with E-state index in [-0.39, 0.29) is 43.0 Å². The van der Waals surface area contributed by atoms with Crippen molar-refractivity contribution in [1.29, 1.82) is 0 Å². The number of nitrogens with zero attached hydrogens (tertiary/aromatic N) is 6. The second-order valence-corrected chi connectivity index (χ2v) is 8.26. The predicted molar refractivity (Wildman–Crippen MR) is 133 cm³/mol. The number of non-ortho nitro benzene ring substituents is 2. The number of hydrogen-bond acceptors (Lipinski definition) is 11. The lowest BCUT2D eigenvalue weighted by Gasteiger charge is -2.11. The van der Waals surface area contributed by atoms with E-state index in [9.17, 15) is 30.4 Å². The molecule has 198 valence electrons. The highest BCUT2D eigenvalue weighted by Crippen LogP contribution is 2.25. The Balaban J connectivity index is 1.48. The van der Waals surface area contributed by atoms with Crippen LogP contribution < -0.4 is 9.47 Å². The van der Waals surface area contributed by atoms with Gasteiger partial charge < -0.3 is 24.3 Å². The Bertz CT molecular complexity index is 1410. The zero-order valence-electron chi connectivity index (χ0n) is 20.0. The van der Waals surface area contributed by atoms with Gasteiger partial charge >= 0.3 is 6.01 Å². The molecule has 0 aliphatic heterocycles. The highest BCUT2D eigenvalue weighted by atomic mass is 16.6. The van der Waals surface area contributed by atoms with Crippen molar-refractivity contribution in [3.63, 3.8) is 0 Å². The molecule has 38 heavy (non-hydrogen) atoms. The maximum atomic E-state index is 10.8. The van der Waals surface area contributed by atoms with Crippen LogP contribution in [0.15, 0.2) is 54.9 Å². The number of nitro benzene ring substituents is 2. The number of imidazole rings is 1. The minimum absolute atomic E-state index is 0.00157. The first-order valence-electron chi connectivity index (χ1n) is 11.6. The summed E-state index contributed by atoms with van der Waals surface area (Å²) in [5, 5.41) is 40.8. The molecular formula is C24H24N6O8. The van der Waals surface area contributed by atoms with Crippen LogP contribution >= 0.6 is 0 Å². The van der Waals surface area contributed by atoms with Crippen molar-refractivity contribution in [3.8, 4) is 11.9 Å². The largest absolute Gasteiger partial charge is 0.476 e. The molecule has 0 unspecified atom stereocenters. The summed E-state index contributed by atoms with van der Waals surface area (Å²) in [4.78, 5) is 33.7. The highest BCUT2D eigenvalue weighted by molar-refractivity contribution is 5.76. The van der Waals surface area contributed by atoms with Crippen LogP contribution in [0.5, 0.6) is 11.9 Å². The Morgan fingerprint density at radius 3 is 1.95 bits per heavy atom. The minimum Gasteiger partial charge on any atom is -0.476 e. The SMILES string of the molecule is O=[N+]([O-])c1ccc(CCOc2nc(OCCc3ccc([N+](=O)[O-])cc3)c3ncn(C[C@H](O)CO)c3n2)cc1. The van der Waals surface area contributed by atoms with Gasteiger partial charge in [-0.2, -0.15) is 9.97 Å². The number of fused-ring (bicyclic) bond motifs is 1. The first-order valence-corrected chi connectivity index (χ1v) is 11.6. The lowest BCUT2D eigenvalue weighted by atomic mass is 10.1. The fourth-order valence-electron chi connectivity index (χ4n) is 3.58. The van der Waals surface area contributed by atoms with Gasteiger partial charge in [0.1, 0.15) is 0 Å². The first-order chi connectivity index (χ1) is 18.3. The molecule has 0 radical (unpaired) electrons. The molecule has 4 rings (SSSR count). The van der Waals surface area contributed by atoms with Crippen molar-refractivity contribution in [2.45, 2.75) is 25.5 Å². The summed E-state index contributed by atoms with van der Waals surface area (Å²) in [6.07, 6.45) is 1.31. The third kappa shape index (κ3) is 6.54. The molecule has 2 aromatic heterocycles. The van der Waals surface area contributed by atoms with E-state index in [0.717, 1.165) is 11.1 Å². The molecule has 0 fully saturated rings. The normalized spacial score (nSPS) is 11.8. The Labute approximate surface area is 215 Å². The van der Waals surface area contributed by atoms with Gasteiger partial charge in [-0.15, -0.1) is 0 Å². The molecule has 14 heteroatoms. The summed E-state index contributed by atoms with van der Waals surface area (Å²) in [7, 11) is 0. The molecule has 14 nitrogen and oxygen atoms in total. The number of benzene rings is 2. The van der Waals surface area contributed by atoms with E-state index in [4.69, 9.17) is 9.47 Å². The van der Waals surface area contributed by atoms with Gasteiger partial charge in [-0.25, -0.2) is 4.98 Å². The smallest absolute Gasteiger partial charge is 0.321 e. The molecular weight excluding hydrogens is 500 g/mol. The average molecular weight is 524 g/mol. The van der Waals surface area contributed by atoms with Crippen LogP contribution in [0.4, 0.5) is 11.4 Å². The van der Waals surface area contributed by atoms with E-state index in [2.05, 4.69) is 15.0 Å². The molecule has 2 heterocycles. The molecule has 0 amide bonds. The highest BCUT2D eigenvalue weighted by Gasteiger charge is 2.17. The molecule has 0 aliphatic rings. The number of hydrogen-bond donors (Lipinski definition) is 2. The summed E-state index contributed by atoms with van der Waals surface area (Å²) in [6, 6.07) is 12.3. The molecule has 0 saturated heterocycles. The molecule has 0 saturated carbocycles. The first kappa shape index (κ1) is 26.4. The van der Waals surface area contributed by atoms with E-state index < -0.39 is 22.6 Å². The van der Waals surface area contributed by atoms with E-state index in [1.807, 2.05) is 0 Å². The van der Waals surface area contributed by atoms with E-state index in [1.165, 1.54) is 30.6 Å². The number of aliphatic hydroxyl groups excluding tert-OH is 2. The Morgan fingerprint density at radius 1 is 0.868 bits per heavy atom. The second kappa shape index (κ2) is 12.0. The summed E-state index contributed by atoms with van der Waals surface area (Å²) in [5.41, 5.74) is 2.32. The van der Waals surface area contributed by atoms with Gasteiger partial charge in [-0.1, -0.05) is 24.3 Å². The topological polar surface area (TPSA) is 189 Å². The Morgan fingerprint density at radius 2 is 1.42 bits per heavy atom. The van der Waals surface area contributed by atoms with Gasteiger partial charge in [-0.3, -0.25) is 20.2 Å². The van der Waals surface area contributed by atoms with Gasteiger partial charge in [0.2, 0.25) is 5.88 Å². The molecule has 2 aromatic carbocycles. The van der Waals surface area contributed by atoms with E-state index in [1.54, 1.807) is 28.8 Å². The second-order valence-electron chi connectivity index (χ2n) is 8.26. The van der Waals surface area contributed by atoms with E-state index >= 15 is 0 Å². The molecule has 0 bridgehead atoms. The quantitative estimate of drug-likeness (QED) is 0.193. The number of aromatic nitrogens is 4. The maximum absolute atomic E-state index is 10.8. The van der Waals surface area contributed by atoms with Gasteiger partial charge in [0, 0.05) is 37.1 Å². The predicted octanol–water partition coefficient (Wildman–Crippen LogP) is 2.24. The van der Waals surface area contributed by atoms with Gasteiger partial charge in [0.05, 0.1) is 48.6 Å². The van der Waals surface area contributed by atoms with Gasteiger partial charge in [0.15, 0.2) is 11.2 Å². The zero-order chi connectivity index (χ0) is 27.1. The van der Waals surface area contributed by atoms with Crippen LogP contribution in [0.25, 0.3) is 11.2 Å². The third-order valence-corrected chi connectivity index (χ3v) is 5.58. The van der Waals surface area contributed by atoms with Crippen molar-refractivity contribution in [2.75, 3.05) is 19.8 Å². The van der Waals surface area contributed by atoms with Crippen LogP contribution in [-0.4, -0.2) is 65.5 Å². The molecule has 4 aromatic rings. The standard InChI is InChI=1S/C24H24N6O8/c31-14-20(32)13-28-15-25-21-22(28)26-24(38-12-10-17-3-7-19(8-4-17)30(35)36)27-23(21)37-11-9-16-1-5-18(6-2-16)29(33)34/h1-8,15,20,31-32H,9-14H2/t20-/m0/s1. The molecule has 0 aliphatic carbocycles. The molecule has 2 N–H and O–H groups in total. The van der Waals surface area contributed by atoms with Crippen molar-refractivity contribution in [2.24, 2.45) is 0 Å². The van der Waals surface area contributed by atoms with Gasteiger partial charge in [0.25, 0.3) is 11.4 Å². The van der Waals surface area contributed by atoms with Crippen molar-refractivity contribution in [1.82, 2.24) is 19.5 Å². The summed E-state index contributed by atoms with van der Waals surface area (Å²) in [6.45, 7) is -0.0341. The lowest BCUT2D eigenvalue weighted by Crippen LogP contribution is -2.19. The van der Waals surface area contributed by atoms with Crippen LogP contribution in [0.2, 0.25) is 0 Å². The number of ether oxygens (including phenoxy) is 2. The minimum atomic E-state index is -1.03. The monoisotopic (exact) mass is 524 g/mol. The number of rotatable bonds is 13. The van der Waals surface area contributed by atoms with Crippen LogP contribution in [0.3, 0.4) is 0 Å². The van der Waals surface area contributed by atoms with Gasteiger partial charge in [-0.05, 0) is 11.1 Å². The van der Waals surface area contributed by atoms with Crippen LogP contribution in [0, 0.1) is 20.2 Å². The van der Waals surface area contributed by atoms with Crippen molar-refractivity contribution < 1.29 is 29.5 Å². The fraction of sp³-hybridized carbons (Fsp3) is 0.292. The zero-order valence-corrected chi connectivity index (χ0v) is 20.0. The Kier molecular flexibility index (Phi) is 8.35. The fourth-order valence-corrected chi connectivity index (χ4v) is 3.58. The third-order valence-electron chi connectivity index (χ3n) is 5.58. The molecule has 0 spiro atoms.